The van der Waals surface area contributed by atoms with Gasteiger partial charge < -0.3 is 5.32 Å². The molecule has 0 atom stereocenters. The molecule has 19 heavy (non-hydrogen) atoms. The van der Waals surface area contributed by atoms with Gasteiger partial charge in [0.05, 0.1) is 5.69 Å². The van der Waals surface area contributed by atoms with Gasteiger partial charge in [0.15, 0.2) is 0 Å². The molecule has 2 aromatic rings. The lowest BCUT2D eigenvalue weighted by Gasteiger charge is -2.04. The highest BCUT2D eigenvalue weighted by molar-refractivity contribution is 7.15. The second-order valence-corrected chi connectivity index (χ2v) is 6.23. The number of aromatic nitrogens is 3. The average Bonchev–Trinajstić information content (AvgIpc) is 2.93. The third-order valence-electron chi connectivity index (χ3n) is 2.85. The van der Waals surface area contributed by atoms with Crippen LogP contribution in [0.2, 0.25) is 0 Å². The fourth-order valence-electron chi connectivity index (χ4n) is 1.94. The monoisotopic (exact) mass is 278 g/mol. The van der Waals surface area contributed by atoms with Crippen molar-refractivity contribution in [2.75, 3.05) is 6.54 Å². The van der Waals surface area contributed by atoms with Gasteiger partial charge in [-0.05, 0) is 24.9 Å². The smallest absolute Gasteiger partial charge is 0.144 e. The van der Waals surface area contributed by atoms with E-state index in [-0.39, 0.29) is 0 Å². The zero-order chi connectivity index (χ0) is 13.8. The van der Waals surface area contributed by atoms with E-state index < -0.39 is 0 Å². The van der Waals surface area contributed by atoms with Crippen molar-refractivity contribution in [2.45, 2.75) is 33.7 Å². The van der Waals surface area contributed by atoms with Crippen molar-refractivity contribution < 1.29 is 0 Å². The molecule has 0 bridgehead atoms. The predicted octanol–water partition coefficient (Wildman–Crippen LogP) is 2.85. The summed E-state index contributed by atoms with van der Waals surface area (Å²) in [7, 11) is 1.94. The number of nitrogens with zero attached hydrogens (tertiary/aromatic N) is 3. The van der Waals surface area contributed by atoms with Crippen LogP contribution in [0.15, 0.2) is 12.3 Å². The van der Waals surface area contributed by atoms with Crippen LogP contribution in [-0.2, 0) is 20.0 Å². The highest BCUT2D eigenvalue weighted by Gasteiger charge is 2.14. The molecule has 0 aliphatic carbocycles. The van der Waals surface area contributed by atoms with Crippen molar-refractivity contribution in [1.29, 1.82) is 0 Å². The van der Waals surface area contributed by atoms with Gasteiger partial charge in [-0.15, -0.1) is 11.3 Å². The molecular formula is C14H22N4S. The number of hydrogen-bond donors (Lipinski definition) is 1. The highest BCUT2D eigenvalue weighted by Crippen LogP contribution is 2.28. The minimum absolute atomic E-state index is 0.624. The molecule has 0 spiro atoms. The second kappa shape index (κ2) is 6.30. The van der Waals surface area contributed by atoms with Crippen LogP contribution < -0.4 is 5.32 Å². The van der Waals surface area contributed by atoms with E-state index >= 15 is 0 Å². The van der Waals surface area contributed by atoms with E-state index in [2.05, 4.69) is 31.2 Å². The van der Waals surface area contributed by atoms with Gasteiger partial charge in [-0.2, -0.15) is 5.10 Å². The van der Waals surface area contributed by atoms with Crippen LogP contribution >= 0.6 is 11.3 Å². The Bertz CT molecular complexity index is 527. The Morgan fingerprint density at radius 3 is 2.79 bits per heavy atom. The van der Waals surface area contributed by atoms with Crippen molar-refractivity contribution in [1.82, 2.24) is 20.1 Å². The van der Waals surface area contributed by atoms with E-state index in [1.807, 2.05) is 24.0 Å². The summed E-state index contributed by atoms with van der Waals surface area (Å²) in [6, 6.07) is 2.02. The minimum atomic E-state index is 0.624. The predicted molar refractivity (Wildman–Crippen MR) is 80.2 cm³/mol. The molecule has 2 heterocycles. The summed E-state index contributed by atoms with van der Waals surface area (Å²) in [6.45, 7) is 8.48. The Kier molecular flexibility index (Phi) is 4.71. The third-order valence-corrected chi connectivity index (χ3v) is 3.97. The number of hydrogen-bond acceptors (Lipinski definition) is 4. The van der Waals surface area contributed by atoms with E-state index in [1.165, 1.54) is 10.6 Å². The molecule has 5 heteroatoms. The fraction of sp³-hybridized carbons (Fsp3) is 0.571. The molecule has 0 saturated heterocycles. The molecule has 0 unspecified atom stereocenters. The van der Waals surface area contributed by atoms with Crippen LogP contribution in [-0.4, -0.2) is 21.3 Å². The van der Waals surface area contributed by atoms with Gasteiger partial charge in [0.1, 0.15) is 10.7 Å². The average molecular weight is 278 g/mol. The van der Waals surface area contributed by atoms with E-state index in [0.717, 1.165) is 30.2 Å². The number of rotatable bonds is 6. The molecule has 1 N–H and O–H groups in total. The van der Waals surface area contributed by atoms with Crippen LogP contribution in [0.25, 0.3) is 10.7 Å². The molecular weight excluding hydrogens is 256 g/mol. The molecule has 4 nitrogen and oxygen atoms in total. The molecule has 0 saturated carbocycles. The number of aryl methyl sites for hydroxylation is 1. The molecule has 0 fully saturated rings. The third kappa shape index (κ3) is 3.64. The Labute approximate surface area is 118 Å². The normalized spacial score (nSPS) is 11.4. The summed E-state index contributed by atoms with van der Waals surface area (Å²) in [4.78, 5) is 6.13. The van der Waals surface area contributed by atoms with Crippen LogP contribution in [0.4, 0.5) is 0 Å². The molecule has 2 rings (SSSR count). The molecule has 0 aromatic carbocycles. The lowest BCUT2D eigenvalue weighted by Crippen LogP contribution is -2.12. The summed E-state index contributed by atoms with van der Waals surface area (Å²) >= 11 is 1.76. The van der Waals surface area contributed by atoms with Crippen LogP contribution in [0, 0.1) is 5.92 Å². The topological polar surface area (TPSA) is 42.7 Å². The second-order valence-electron chi connectivity index (χ2n) is 5.14. The maximum absolute atomic E-state index is 4.79. The van der Waals surface area contributed by atoms with Gasteiger partial charge in [0.25, 0.3) is 0 Å². The summed E-state index contributed by atoms with van der Waals surface area (Å²) in [5.74, 6) is 0.624. The Morgan fingerprint density at radius 1 is 1.42 bits per heavy atom. The summed E-state index contributed by atoms with van der Waals surface area (Å²) < 4.78 is 1.82. The standard InChI is InChI=1S/C14H22N4S/c1-5-15-9-13-12(8-10(2)3)16-14(19-13)11-6-7-18(4)17-11/h6-7,10,15H,5,8-9H2,1-4H3. The largest absolute Gasteiger partial charge is 0.312 e. The zero-order valence-corrected chi connectivity index (χ0v) is 12.9. The van der Waals surface area contributed by atoms with Crippen molar-refractivity contribution in [3.63, 3.8) is 0 Å². The zero-order valence-electron chi connectivity index (χ0n) is 12.1. The first kappa shape index (κ1) is 14.2. The van der Waals surface area contributed by atoms with Gasteiger partial charge in [-0.3, -0.25) is 4.68 Å². The van der Waals surface area contributed by atoms with E-state index in [9.17, 15) is 0 Å². The summed E-state index contributed by atoms with van der Waals surface area (Å²) in [5, 5.41) is 8.86. The van der Waals surface area contributed by atoms with Crippen LogP contribution in [0.5, 0.6) is 0 Å². The lowest BCUT2D eigenvalue weighted by molar-refractivity contribution is 0.627. The Hall–Kier alpha value is -1.20. The first-order valence-electron chi connectivity index (χ1n) is 6.79. The quantitative estimate of drug-likeness (QED) is 0.883. The first-order valence-corrected chi connectivity index (χ1v) is 7.61. The number of nitrogens with one attached hydrogen (secondary N) is 1. The molecule has 0 amide bonds. The maximum atomic E-state index is 4.79. The molecule has 0 aliphatic heterocycles. The fourth-order valence-corrected chi connectivity index (χ4v) is 2.97. The van der Waals surface area contributed by atoms with E-state index in [1.54, 1.807) is 11.3 Å². The molecule has 0 radical (unpaired) electrons. The number of thiazole rings is 1. The minimum Gasteiger partial charge on any atom is -0.312 e. The molecule has 104 valence electrons. The summed E-state index contributed by atoms with van der Waals surface area (Å²) in [6.07, 6.45) is 2.99. The van der Waals surface area contributed by atoms with Gasteiger partial charge in [-0.25, -0.2) is 4.98 Å². The maximum Gasteiger partial charge on any atom is 0.144 e. The first-order chi connectivity index (χ1) is 9.10. The van der Waals surface area contributed by atoms with Crippen molar-refractivity contribution in [2.24, 2.45) is 13.0 Å². The van der Waals surface area contributed by atoms with Gasteiger partial charge in [0.2, 0.25) is 0 Å². The molecule has 0 aliphatic rings. The van der Waals surface area contributed by atoms with E-state index in [4.69, 9.17) is 4.98 Å². The highest BCUT2D eigenvalue weighted by atomic mass is 32.1. The van der Waals surface area contributed by atoms with Crippen molar-refractivity contribution in [3.8, 4) is 10.7 Å². The van der Waals surface area contributed by atoms with E-state index in [0.29, 0.717) is 5.92 Å². The van der Waals surface area contributed by atoms with Crippen LogP contribution in [0.3, 0.4) is 0 Å². The van der Waals surface area contributed by atoms with Gasteiger partial charge >= 0.3 is 0 Å². The Morgan fingerprint density at radius 2 is 2.21 bits per heavy atom. The summed E-state index contributed by atoms with van der Waals surface area (Å²) in [5.41, 5.74) is 2.20. The lowest BCUT2D eigenvalue weighted by atomic mass is 10.1. The van der Waals surface area contributed by atoms with Gasteiger partial charge in [-0.1, -0.05) is 20.8 Å². The van der Waals surface area contributed by atoms with Gasteiger partial charge in [0, 0.05) is 24.7 Å². The van der Waals surface area contributed by atoms with Crippen LogP contribution in [0.1, 0.15) is 31.3 Å². The molecule has 2 aromatic heterocycles. The SMILES string of the molecule is CCNCc1sc(-c2ccn(C)n2)nc1CC(C)C. The Balaban J connectivity index is 2.27. The van der Waals surface area contributed by atoms with Crippen molar-refractivity contribution >= 4 is 11.3 Å². The van der Waals surface area contributed by atoms with Crippen molar-refractivity contribution in [3.05, 3.63) is 22.8 Å².